The van der Waals surface area contributed by atoms with Gasteiger partial charge in [-0.05, 0) is 25.5 Å². The molecule has 0 radical (unpaired) electrons. The summed E-state index contributed by atoms with van der Waals surface area (Å²) in [6.07, 6.45) is -1.01. The molecule has 1 aliphatic rings. The van der Waals surface area contributed by atoms with Crippen LogP contribution in [0.3, 0.4) is 0 Å². The number of hydrogen-bond acceptors (Lipinski definition) is 5. The summed E-state index contributed by atoms with van der Waals surface area (Å²) >= 11 is 0. The normalized spacial score (nSPS) is 15.1. The van der Waals surface area contributed by atoms with Gasteiger partial charge >= 0.3 is 5.97 Å². The van der Waals surface area contributed by atoms with Crippen LogP contribution in [0.25, 0.3) is 10.9 Å². The van der Waals surface area contributed by atoms with Crippen LogP contribution in [0.2, 0.25) is 0 Å². The molecule has 4 rings (SSSR count). The van der Waals surface area contributed by atoms with Crippen LogP contribution in [0.5, 0.6) is 0 Å². The molecule has 6 nitrogen and oxygen atoms in total. The molecule has 1 fully saturated rings. The Labute approximate surface area is 175 Å². The number of hydrogen-bond donors (Lipinski definition) is 0. The molecular weight excluding hydrogens is 380 g/mol. The minimum Gasteiger partial charge on any atom is -0.444 e. The smallest absolute Gasteiger partial charge is 0.341 e. The summed E-state index contributed by atoms with van der Waals surface area (Å²) in [7, 11) is 0. The largest absolute Gasteiger partial charge is 0.444 e. The first-order valence-electron chi connectivity index (χ1n) is 10.0. The van der Waals surface area contributed by atoms with Gasteiger partial charge in [0.05, 0.1) is 30.0 Å². The molecule has 0 bridgehead atoms. The molecule has 6 heteroatoms. The topological polar surface area (TPSA) is 68.7 Å². The zero-order valence-electron chi connectivity index (χ0n) is 17.1. The van der Waals surface area contributed by atoms with Crippen LogP contribution in [0, 0.1) is 13.8 Å². The number of rotatable bonds is 4. The van der Waals surface area contributed by atoms with E-state index in [0.717, 1.165) is 16.5 Å². The molecule has 30 heavy (non-hydrogen) atoms. The second-order valence-corrected chi connectivity index (χ2v) is 7.35. The maximum atomic E-state index is 13.2. The van der Waals surface area contributed by atoms with Crippen molar-refractivity contribution in [1.29, 1.82) is 0 Å². The number of fused-ring (bicyclic) bond motifs is 1. The molecule has 1 atom stereocenters. The summed E-state index contributed by atoms with van der Waals surface area (Å²) in [6, 6.07) is 16.8. The lowest BCUT2D eigenvalue weighted by Gasteiger charge is -2.30. The fourth-order valence-electron chi connectivity index (χ4n) is 3.84. The van der Waals surface area contributed by atoms with Crippen LogP contribution in [0.15, 0.2) is 54.6 Å². The van der Waals surface area contributed by atoms with Crippen LogP contribution in [0.1, 0.15) is 33.3 Å². The lowest BCUT2D eigenvalue weighted by molar-refractivity contribution is -0.145. The lowest BCUT2D eigenvalue weighted by Crippen LogP contribution is -2.44. The van der Waals surface area contributed by atoms with Gasteiger partial charge in [-0.1, -0.05) is 48.5 Å². The Morgan fingerprint density at radius 1 is 1.00 bits per heavy atom. The molecular formula is C24H24N2O4. The number of esters is 1. The van der Waals surface area contributed by atoms with E-state index in [1.54, 1.807) is 24.0 Å². The summed E-state index contributed by atoms with van der Waals surface area (Å²) in [5.74, 6) is -0.777. The van der Waals surface area contributed by atoms with E-state index in [1.807, 2.05) is 49.4 Å². The van der Waals surface area contributed by atoms with Crippen molar-refractivity contribution in [3.05, 3.63) is 77.0 Å². The summed E-state index contributed by atoms with van der Waals surface area (Å²) in [4.78, 5) is 32.7. The van der Waals surface area contributed by atoms with E-state index in [0.29, 0.717) is 43.1 Å². The van der Waals surface area contributed by atoms with Gasteiger partial charge in [-0.15, -0.1) is 0 Å². The first kappa shape index (κ1) is 20.0. The summed E-state index contributed by atoms with van der Waals surface area (Å²) in [6.45, 7) is 5.60. The van der Waals surface area contributed by atoms with Gasteiger partial charge < -0.3 is 14.4 Å². The zero-order chi connectivity index (χ0) is 21.1. The fraction of sp³-hybridized carbons (Fsp3) is 0.292. The Hall–Kier alpha value is -3.25. The predicted molar refractivity (Wildman–Crippen MR) is 113 cm³/mol. The van der Waals surface area contributed by atoms with Crippen molar-refractivity contribution in [2.75, 3.05) is 26.3 Å². The third kappa shape index (κ3) is 3.91. The number of nitrogens with zero attached hydrogens (tertiary/aromatic N) is 2. The summed E-state index contributed by atoms with van der Waals surface area (Å²) < 4.78 is 11.2. The van der Waals surface area contributed by atoms with Gasteiger partial charge in [0, 0.05) is 24.0 Å². The highest BCUT2D eigenvalue weighted by atomic mass is 16.5. The highest BCUT2D eigenvalue weighted by Crippen LogP contribution is 2.27. The van der Waals surface area contributed by atoms with Crippen molar-refractivity contribution >= 4 is 22.8 Å². The second-order valence-electron chi connectivity index (χ2n) is 7.35. The van der Waals surface area contributed by atoms with Crippen LogP contribution in [-0.4, -0.2) is 48.1 Å². The van der Waals surface area contributed by atoms with Crippen molar-refractivity contribution in [2.24, 2.45) is 0 Å². The highest BCUT2D eigenvalue weighted by Gasteiger charge is 2.32. The molecule has 2 aromatic carbocycles. The Morgan fingerprint density at radius 3 is 2.40 bits per heavy atom. The monoisotopic (exact) mass is 404 g/mol. The third-order valence-corrected chi connectivity index (χ3v) is 5.41. The molecule has 1 amide bonds. The number of benzene rings is 2. The predicted octanol–water partition coefficient (Wildman–Crippen LogP) is 3.61. The van der Waals surface area contributed by atoms with E-state index >= 15 is 0 Å². The number of aromatic nitrogens is 1. The van der Waals surface area contributed by atoms with Crippen LogP contribution < -0.4 is 0 Å². The van der Waals surface area contributed by atoms with Gasteiger partial charge in [0.1, 0.15) is 0 Å². The average molecular weight is 404 g/mol. The minimum absolute atomic E-state index is 0.234. The number of pyridine rings is 1. The summed E-state index contributed by atoms with van der Waals surface area (Å²) in [5, 5.41) is 0.894. The first-order valence-corrected chi connectivity index (χ1v) is 10.0. The van der Waals surface area contributed by atoms with Crippen molar-refractivity contribution in [2.45, 2.75) is 20.0 Å². The van der Waals surface area contributed by atoms with E-state index in [1.165, 1.54) is 0 Å². The molecule has 1 aliphatic heterocycles. The van der Waals surface area contributed by atoms with Crippen molar-refractivity contribution in [1.82, 2.24) is 9.88 Å². The van der Waals surface area contributed by atoms with E-state index in [2.05, 4.69) is 4.98 Å². The zero-order valence-corrected chi connectivity index (χ0v) is 17.1. The number of ether oxygens (including phenoxy) is 2. The molecule has 0 spiro atoms. The van der Waals surface area contributed by atoms with Crippen LogP contribution in [0.4, 0.5) is 0 Å². The highest BCUT2D eigenvalue weighted by molar-refractivity contribution is 5.99. The minimum atomic E-state index is -1.01. The number of amides is 1. The average Bonchev–Trinajstić information content (AvgIpc) is 2.78. The van der Waals surface area contributed by atoms with Crippen molar-refractivity contribution in [3.63, 3.8) is 0 Å². The molecule has 0 N–H and O–H groups in total. The number of carbonyl (C=O) groups is 2. The molecule has 0 saturated carbocycles. The molecule has 0 aliphatic carbocycles. The number of para-hydroxylation sites is 1. The second kappa shape index (κ2) is 8.63. The fourth-order valence-corrected chi connectivity index (χ4v) is 3.84. The van der Waals surface area contributed by atoms with Crippen LogP contribution in [-0.2, 0) is 14.3 Å². The Kier molecular flexibility index (Phi) is 5.77. The van der Waals surface area contributed by atoms with E-state index in [-0.39, 0.29) is 5.91 Å². The molecule has 2 heterocycles. The van der Waals surface area contributed by atoms with Crippen molar-refractivity contribution < 1.29 is 19.1 Å². The Bertz CT molecular complexity index is 1080. The third-order valence-electron chi connectivity index (χ3n) is 5.41. The van der Waals surface area contributed by atoms with Gasteiger partial charge in [0.15, 0.2) is 0 Å². The van der Waals surface area contributed by atoms with E-state index in [4.69, 9.17) is 9.47 Å². The molecule has 3 aromatic rings. The number of morpholine rings is 1. The van der Waals surface area contributed by atoms with Crippen molar-refractivity contribution in [3.8, 4) is 0 Å². The maximum Gasteiger partial charge on any atom is 0.341 e. The number of aryl methyl sites for hydroxylation is 2. The van der Waals surface area contributed by atoms with E-state index < -0.39 is 12.1 Å². The van der Waals surface area contributed by atoms with Gasteiger partial charge in [-0.25, -0.2) is 4.79 Å². The molecule has 0 unspecified atom stereocenters. The summed E-state index contributed by atoms with van der Waals surface area (Å²) in [5.41, 5.74) is 3.26. The van der Waals surface area contributed by atoms with E-state index in [9.17, 15) is 9.59 Å². The van der Waals surface area contributed by atoms with Gasteiger partial charge in [-0.3, -0.25) is 9.78 Å². The molecule has 1 saturated heterocycles. The Balaban J connectivity index is 1.68. The first-order chi connectivity index (χ1) is 14.6. The Morgan fingerprint density at radius 2 is 1.67 bits per heavy atom. The van der Waals surface area contributed by atoms with Gasteiger partial charge in [0.2, 0.25) is 6.10 Å². The van der Waals surface area contributed by atoms with Gasteiger partial charge in [0.25, 0.3) is 5.91 Å². The molecule has 1 aromatic heterocycles. The standard InChI is InChI=1S/C24H24N2O4/c1-16-19-10-6-7-11-20(19)25-17(2)21(16)24(28)30-22(18-8-4-3-5-9-18)23(27)26-12-14-29-15-13-26/h3-11,22H,12-15H2,1-2H3/t22-/m0/s1. The van der Waals surface area contributed by atoms with Gasteiger partial charge in [-0.2, -0.15) is 0 Å². The SMILES string of the molecule is Cc1nc2ccccc2c(C)c1C(=O)O[C@H](C(=O)N1CCOCC1)c1ccccc1. The number of carbonyl (C=O) groups excluding carboxylic acids is 2. The van der Waals surface area contributed by atoms with Crippen LogP contribution >= 0.6 is 0 Å². The lowest BCUT2D eigenvalue weighted by atomic mass is 10.0. The maximum absolute atomic E-state index is 13.2. The molecule has 154 valence electrons. The quantitative estimate of drug-likeness (QED) is 0.622.